The number of hydrogen-bond acceptors (Lipinski definition) is 4. The second-order valence-corrected chi connectivity index (χ2v) is 11.7. The van der Waals surface area contributed by atoms with Gasteiger partial charge in [-0.1, -0.05) is 62.9 Å². The van der Waals surface area contributed by atoms with Gasteiger partial charge >= 0.3 is 24.8 Å². The fourth-order valence-electron chi connectivity index (χ4n) is 5.36. The van der Waals surface area contributed by atoms with Crippen molar-refractivity contribution in [2.75, 3.05) is 25.1 Å². The number of unbranched alkanes of at least 4 members (excludes halogenated alkanes) is 1. The number of thioether (sulfide) groups is 1. The predicted molar refractivity (Wildman–Crippen MR) is 161 cm³/mol. The average Bonchev–Trinajstić information content (AvgIpc) is 2.93. The van der Waals surface area contributed by atoms with Crippen LogP contribution in [-0.2, 0) is 16.0 Å². The summed E-state index contributed by atoms with van der Waals surface area (Å²) < 4.78 is 0. The van der Waals surface area contributed by atoms with E-state index in [0.717, 1.165) is 48.2 Å². The maximum Gasteiger partial charge on any atom is 1.00 e. The molecule has 40 heavy (non-hydrogen) atoms. The third-order valence-corrected chi connectivity index (χ3v) is 8.31. The van der Waals surface area contributed by atoms with E-state index in [9.17, 15) is 19.5 Å². The number of carbonyl (C=O) groups is 3. The van der Waals surface area contributed by atoms with Gasteiger partial charge in [-0.2, -0.15) is 11.8 Å². The number of aliphatic carboxylic acids is 1. The molecule has 1 fully saturated rings. The molecule has 0 saturated heterocycles. The minimum absolute atomic E-state index is 0. The largest absolute Gasteiger partial charge is 1.00 e. The summed E-state index contributed by atoms with van der Waals surface area (Å²) in [6.07, 6.45) is 10.8. The van der Waals surface area contributed by atoms with E-state index < -0.39 is 17.9 Å². The molecule has 2 aromatic rings. The quantitative estimate of drug-likeness (QED) is 0.346. The summed E-state index contributed by atoms with van der Waals surface area (Å²) in [6.45, 7) is 5.75. The molecule has 1 aliphatic rings. The van der Waals surface area contributed by atoms with Crippen LogP contribution in [0.15, 0.2) is 42.5 Å². The number of aryl methyl sites for hydroxylation is 1. The molecule has 2 amide bonds. The third-order valence-electron chi connectivity index (χ3n) is 7.67. The van der Waals surface area contributed by atoms with Gasteiger partial charge in [-0.25, -0.2) is 4.79 Å². The molecule has 0 unspecified atom stereocenters. The molecule has 1 aliphatic carbocycles. The molecule has 2 aromatic carbocycles. The van der Waals surface area contributed by atoms with Gasteiger partial charge in [0.1, 0.15) is 6.04 Å². The van der Waals surface area contributed by atoms with Crippen LogP contribution in [0.1, 0.15) is 81.2 Å². The minimum atomic E-state index is -1.04. The first-order chi connectivity index (χ1) is 18.8. The SMILES string of the molecule is CCCCN(CC1CCCCC1)C(=O)Cc1ccc(C(=O)N[C@@H](CCSC)C(=O)O)c(-c2ccccc2C)c1.[H-].[Li+]. The summed E-state index contributed by atoms with van der Waals surface area (Å²) in [4.78, 5) is 40.7. The second kappa shape index (κ2) is 17.6. The van der Waals surface area contributed by atoms with Crippen molar-refractivity contribution >= 4 is 29.5 Å². The monoisotopic (exact) mass is 560 g/mol. The Labute approximate surface area is 257 Å². The predicted octanol–water partition coefficient (Wildman–Crippen LogP) is 3.47. The molecular weight excluding hydrogens is 515 g/mol. The van der Waals surface area contributed by atoms with E-state index in [0.29, 0.717) is 23.7 Å². The normalized spacial score (nSPS) is 14.2. The summed E-state index contributed by atoms with van der Waals surface area (Å²) in [7, 11) is 0. The molecule has 0 aliphatic heterocycles. The Morgan fingerprint density at radius 1 is 1.10 bits per heavy atom. The van der Waals surface area contributed by atoms with Gasteiger partial charge in [-0.3, -0.25) is 9.59 Å². The van der Waals surface area contributed by atoms with Gasteiger partial charge in [0.2, 0.25) is 5.91 Å². The van der Waals surface area contributed by atoms with Crippen molar-refractivity contribution in [3.05, 3.63) is 59.2 Å². The Kier molecular flexibility index (Phi) is 14.9. The van der Waals surface area contributed by atoms with Crippen LogP contribution in [-0.4, -0.2) is 58.9 Å². The maximum absolute atomic E-state index is 13.5. The van der Waals surface area contributed by atoms with Gasteiger partial charge in [0.05, 0.1) is 6.42 Å². The third kappa shape index (κ3) is 10.0. The molecule has 0 spiro atoms. The molecule has 3 rings (SSSR count). The van der Waals surface area contributed by atoms with Crippen LogP contribution in [0.2, 0.25) is 0 Å². The fraction of sp³-hybridized carbons (Fsp3) is 0.531. The Hall–Kier alpha value is -2.20. The molecule has 1 atom stereocenters. The zero-order valence-corrected chi connectivity index (χ0v) is 25.5. The Morgan fingerprint density at radius 3 is 2.48 bits per heavy atom. The van der Waals surface area contributed by atoms with Crippen LogP contribution >= 0.6 is 11.8 Å². The van der Waals surface area contributed by atoms with E-state index in [1.54, 1.807) is 17.8 Å². The van der Waals surface area contributed by atoms with Crippen molar-refractivity contribution < 1.29 is 39.8 Å². The molecule has 6 nitrogen and oxygen atoms in total. The van der Waals surface area contributed by atoms with Crippen molar-refractivity contribution in [2.45, 2.75) is 77.7 Å². The summed E-state index contributed by atoms with van der Waals surface area (Å²) in [6, 6.07) is 12.4. The van der Waals surface area contributed by atoms with E-state index >= 15 is 0 Å². The maximum atomic E-state index is 13.5. The molecule has 0 aromatic heterocycles. The summed E-state index contributed by atoms with van der Waals surface area (Å²) in [5, 5.41) is 12.4. The van der Waals surface area contributed by atoms with Crippen molar-refractivity contribution in [2.24, 2.45) is 5.92 Å². The smallest absolute Gasteiger partial charge is 1.00 e. The zero-order valence-electron chi connectivity index (χ0n) is 25.7. The molecule has 1 saturated carbocycles. The Bertz CT molecular complexity index is 1130. The second-order valence-electron chi connectivity index (χ2n) is 10.7. The Morgan fingerprint density at radius 2 is 1.82 bits per heavy atom. The summed E-state index contributed by atoms with van der Waals surface area (Å²) in [5.41, 5.74) is 3.90. The molecule has 2 N–H and O–H groups in total. The first kappa shape index (κ1) is 34.0. The van der Waals surface area contributed by atoms with Crippen LogP contribution < -0.4 is 24.2 Å². The average molecular weight is 561 g/mol. The van der Waals surface area contributed by atoms with Crippen LogP contribution in [0.4, 0.5) is 0 Å². The molecule has 214 valence electrons. The standard InChI is InChI=1S/C32H44N2O4S.Li.H/c1-4-5-18-34(22-24-12-7-6-8-13-24)30(35)21-25-15-16-27(28(20-25)26-14-10-9-11-23(26)2)31(36)33-29(32(37)38)17-19-39-3;;/h9-11,14-16,20,24,29H,4-8,12-13,17-19,21-22H2,1-3H3,(H,33,36)(H,37,38);;/q;+1;-1/t29-;;/m0../s1. The number of hydrogen-bond donors (Lipinski definition) is 2. The van der Waals surface area contributed by atoms with Crippen LogP contribution in [0.5, 0.6) is 0 Å². The van der Waals surface area contributed by atoms with E-state index in [4.69, 9.17) is 0 Å². The summed E-state index contributed by atoms with van der Waals surface area (Å²) in [5.74, 6) is -0.103. The topological polar surface area (TPSA) is 86.7 Å². The molecule has 0 bridgehead atoms. The van der Waals surface area contributed by atoms with Gasteiger partial charge < -0.3 is 16.7 Å². The molecule has 0 radical (unpaired) electrons. The Balaban J connectivity index is 0.00000420. The first-order valence-electron chi connectivity index (χ1n) is 14.3. The fourth-order valence-corrected chi connectivity index (χ4v) is 5.83. The van der Waals surface area contributed by atoms with Gasteiger partial charge in [0.15, 0.2) is 0 Å². The van der Waals surface area contributed by atoms with Crippen molar-refractivity contribution in [3.8, 4) is 11.1 Å². The number of carboxylic acid groups (broad SMARTS) is 1. The zero-order chi connectivity index (χ0) is 28.2. The van der Waals surface area contributed by atoms with E-state index in [2.05, 4.69) is 17.1 Å². The molecular formula is C32H45LiN2O4S. The number of rotatable bonds is 14. The minimum Gasteiger partial charge on any atom is -1.00 e. The molecule has 8 heteroatoms. The number of nitrogens with zero attached hydrogens (tertiary/aromatic N) is 1. The van der Waals surface area contributed by atoms with E-state index in [-0.39, 0.29) is 32.6 Å². The molecule has 0 heterocycles. The number of carbonyl (C=O) groups excluding carboxylic acids is 2. The number of benzene rings is 2. The van der Waals surface area contributed by atoms with Crippen LogP contribution in [0.25, 0.3) is 11.1 Å². The van der Waals surface area contributed by atoms with Crippen molar-refractivity contribution in [3.63, 3.8) is 0 Å². The van der Waals surface area contributed by atoms with Crippen LogP contribution in [0.3, 0.4) is 0 Å². The first-order valence-corrected chi connectivity index (χ1v) is 15.7. The van der Waals surface area contributed by atoms with E-state index in [1.165, 1.54) is 32.1 Å². The van der Waals surface area contributed by atoms with Crippen molar-refractivity contribution in [1.29, 1.82) is 0 Å². The van der Waals surface area contributed by atoms with Crippen LogP contribution in [0, 0.1) is 12.8 Å². The number of carboxylic acids is 1. The van der Waals surface area contributed by atoms with Gasteiger partial charge in [-0.05, 0) is 84.9 Å². The van der Waals surface area contributed by atoms with E-state index in [1.807, 2.05) is 49.6 Å². The summed E-state index contributed by atoms with van der Waals surface area (Å²) >= 11 is 1.55. The number of nitrogens with one attached hydrogen (secondary N) is 1. The number of amides is 2. The van der Waals surface area contributed by atoms with Gasteiger partial charge in [0.25, 0.3) is 5.91 Å². The van der Waals surface area contributed by atoms with Gasteiger partial charge in [-0.15, -0.1) is 0 Å². The van der Waals surface area contributed by atoms with Crippen molar-refractivity contribution in [1.82, 2.24) is 10.2 Å². The van der Waals surface area contributed by atoms with Gasteiger partial charge in [0, 0.05) is 18.7 Å².